The van der Waals surface area contributed by atoms with Gasteiger partial charge in [0.15, 0.2) is 23.4 Å². The number of pyridine rings is 1. The number of aromatic nitrogens is 7. The number of tetrazole rings is 1. The van der Waals surface area contributed by atoms with Crippen molar-refractivity contribution in [2.24, 2.45) is 0 Å². The fourth-order valence-corrected chi connectivity index (χ4v) is 3.31. The molecule has 160 valence electrons. The molecule has 0 bridgehead atoms. The van der Waals surface area contributed by atoms with Crippen LogP contribution in [0.3, 0.4) is 0 Å². The smallest absolute Gasteiger partial charge is 0.389 e. The standard InChI is InChI=1S/C18H20F3N7OS/c1-4-13-5-7-22-14(9-13)28-15(25-26-27-28)10-29-16-11(2)12(3)23-17(24-16)30-8-6-18(19,20)21/h5,7,9H,4,6,8,10H2,1-3H3. The van der Waals surface area contributed by atoms with Gasteiger partial charge in [-0.2, -0.15) is 22.8 Å². The summed E-state index contributed by atoms with van der Waals surface area (Å²) in [5, 5.41) is 11.9. The van der Waals surface area contributed by atoms with Crippen molar-refractivity contribution in [3.8, 4) is 11.7 Å². The van der Waals surface area contributed by atoms with Crippen molar-refractivity contribution in [2.45, 2.75) is 51.6 Å². The maximum atomic E-state index is 12.4. The molecular weight excluding hydrogens is 419 g/mol. The van der Waals surface area contributed by atoms with Crippen LogP contribution in [-0.4, -0.2) is 47.1 Å². The quantitative estimate of drug-likeness (QED) is 0.388. The number of hydrogen-bond acceptors (Lipinski definition) is 8. The van der Waals surface area contributed by atoms with E-state index in [-0.39, 0.29) is 23.4 Å². The van der Waals surface area contributed by atoms with Crippen molar-refractivity contribution in [1.82, 2.24) is 35.2 Å². The summed E-state index contributed by atoms with van der Waals surface area (Å²) < 4.78 is 44.4. The van der Waals surface area contributed by atoms with Crippen LogP contribution in [0, 0.1) is 13.8 Å². The normalized spacial score (nSPS) is 11.7. The Kier molecular flexibility index (Phi) is 6.85. The molecule has 0 radical (unpaired) electrons. The highest BCUT2D eigenvalue weighted by molar-refractivity contribution is 7.99. The maximum Gasteiger partial charge on any atom is 0.389 e. The Balaban J connectivity index is 1.74. The first-order valence-electron chi connectivity index (χ1n) is 9.17. The topological polar surface area (TPSA) is 91.5 Å². The third-order valence-corrected chi connectivity index (χ3v) is 5.10. The first kappa shape index (κ1) is 21.9. The SMILES string of the molecule is CCc1ccnc(-n2nnnc2COc2nc(SCCC(F)(F)F)nc(C)c2C)c1. The van der Waals surface area contributed by atoms with Crippen LogP contribution >= 0.6 is 11.8 Å². The minimum atomic E-state index is -4.22. The minimum Gasteiger partial charge on any atom is -0.469 e. The van der Waals surface area contributed by atoms with Crippen molar-refractivity contribution in [2.75, 3.05) is 5.75 Å². The van der Waals surface area contributed by atoms with E-state index >= 15 is 0 Å². The number of alkyl halides is 3. The summed E-state index contributed by atoms with van der Waals surface area (Å²) in [6.07, 6.45) is -2.60. The van der Waals surface area contributed by atoms with Gasteiger partial charge in [0.1, 0.15) is 0 Å². The van der Waals surface area contributed by atoms with E-state index in [2.05, 4.69) is 30.5 Å². The molecule has 12 heteroatoms. The molecule has 30 heavy (non-hydrogen) atoms. The number of rotatable bonds is 8. The highest BCUT2D eigenvalue weighted by Crippen LogP contribution is 2.27. The molecule has 0 spiro atoms. The molecule has 0 fully saturated rings. The number of halogens is 3. The lowest BCUT2D eigenvalue weighted by Gasteiger charge is -2.12. The van der Waals surface area contributed by atoms with Crippen LogP contribution in [0.5, 0.6) is 5.88 Å². The van der Waals surface area contributed by atoms with Crippen molar-refractivity contribution < 1.29 is 17.9 Å². The van der Waals surface area contributed by atoms with Gasteiger partial charge >= 0.3 is 6.18 Å². The molecule has 8 nitrogen and oxygen atoms in total. The lowest BCUT2D eigenvalue weighted by atomic mass is 10.2. The van der Waals surface area contributed by atoms with Crippen LogP contribution in [0.25, 0.3) is 5.82 Å². The van der Waals surface area contributed by atoms with E-state index in [1.807, 2.05) is 19.1 Å². The molecule has 0 amide bonds. The molecule has 0 atom stereocenters. The van der Waals surface area contributed by atoms with Gasteiger partial charge in [0.2, 0.25) is 5.88 Å². The van der Waals surface area contributed by atoms with Gasteiger partial charge in [-0.05, 0) is 48.4 Å². The summed E-state index contributed by atoms with van der Waals surface area (Å²) in [6.45, 7) is 5.58. The summed E-state index contributed by atoms with van der Waals surface area (Å²) in [6, 6.07) is 3.80. The molecule has 0 aromatic carbocycles. The molecule has 3 aromatic rings. The molecular formula is C18H20F3N7OS. The minimum absolute atomic E-state index is 0.00891. The van der Waals surface area contributed by atoms with Gasteiger partial charge in [-0.15, -0.1) is 5.10 Å². The van der Waals surface area contributed by atoms with E-state index in [0.29, 0.717) is 22.9 Å². The Morgan fingerprint density at radius 2 is 2.00 bits per heavy atom. The Labute approximate surface area is 175 Å². The summed E-state index contributed by atoms with van der Waals surface area (Å²) >= 11 is 0.934. The largest absolute Gasteiger partial charge is 0.469 e. The van der Waals surface area contributed by atoms with E-state index < -0.39 is 12.6 Å². The van der Waals surface area contributed by atoms with Crippen molar-refractivity contribution in [1.29, 1.82) is 0 Å². The van der Waals surface area contributed by atoms with Crippen LogP contribution in [-0.2, 0) is 13.0 Å². The van der Waals surface area contributed by atoms with Crippen LogP contribution in [0.1, 0.15) is 36.0 Å². The lowest BCUT2D eigenvalue weighted by Crippen LogP contribution is -2.11. The van der Waals surface area contributed by atoms with Crippen molar-refractivity contribution in [3.05, 3.63) is 41.0 Å². The van der Waals surface area contributed by atoms with Gasteiger partial charge < -0.3 is 4.74 Å². The summed E-state index contributed by atoms with van der Waals surface area (Å²) in [7, 11) is 0. The van der Waals surface area contributed by atoms with Gasteiger partial charge in [-0.3, -0.25) is 0 Å². The van der Waals surface area contributed by atoms with Crippen LogP contribution in [0.2, 0.25) is 0 Å². The Morgan fingerprint density at radius 3 is 2.73 bits per heavy atom. The Bertz CT molecular complexity index is 1010. The fourth-order valence-electron chi connectivity index (χ4n) is 2.44. The highest BCUT2D eigenvalue weighted by atomic mass is 32.2. The monoisotopic (exact) mass is 439 g/mol. The number of aryl methyl sites for hydroxylation is 2. The Morgan fingerprint density at radius 1 is 1.20 bits per heavy atom. The average Bonchev–Trinajstić information content (AvgIpc) is 3.17. The zero-order valence-corrected chi connectivity index (χ0v) is 17.5. The molecule has 3 aromatic heterocycles. The number of ether oxygens (including phenoxy) is 1. The van der Waals surface area contributed by atoms with Gasteiger partial charge in [-0.25, -0.2) is 9.97 Å². The second-order valence-corrected chi connectivity index (χ2v) is 7.47. The van der Waals surface area contributed by atoms with E-state index in [1.54, 1.807) is 20.0 Å². The van der Waals surface area contributed by atoms with Gasteiger partial charge in [0, 0.05) is 23.2 Å². The Hall–Kier alpha value is -2.76. The molecule has 0 N–H and O–H groups in total. The molecule has 3 heterocycles. The van der Waals surface area contributed by atoms with Crippen LogP contribution in [0.15, 0.2) is 23.5 Å². The summed E-state index contributed by atoms with van der Waals surface area (Å²) in [4.78, 5) is 12.8. The van der Waals surface area contributed by atoms with E-state index in [4.69, 9.17) is 4.74 Å². The number of hydrogen-bond donors (Lipinski definition) is 0. The fraction of sp³-hybridized carbons (Fsp3) is 0.444. The van der Waals surface area contributed by atoms with Gasteiger partial charge in [-0.1, -0.05) is 18.7 Å². The molecule has 3 rings (SSSR count). The first-order chi connectivity index (χ1) is 14.3. The van der Waals surface area contributed by atoms with Crippen molar-refractivity contribution >= 4 is 11.8 Å². The molecule has 0 saturated carbocycles. The zero-order valence-electron chi connectivity index (χ0n) is 16.6. The molecule has 0 aliphatic heterocycles. The second-order valence-electron chi connectivity index (χ2n) is 6.41. The van der Waals surface area contributed by atoms with Gasteiger partial charge in [0.25, 0.3) is 0 Å². The van der Waals surface area contributed by atoms with E-state index in [9.17, 15) is 13.2 Å². The maximum absolute atomic E-state index is 12.4. The number of nitrogens with zero attached hydrogens (tertiary/aromatic N) is 7. The molecule has 0 aliphatic carbocycles. The average molecular weight is 439 g/mol. The lowest BCUT2D eigenvalue weighted by molar-refractivity contribution is -0.129. The predicted octanol–water partition coefficient (Wildman–Crippen LogP) is 3.65. The summed E-state index contributed by atoms with van der Waals surface area (Å²) in [5.74, 6) is 1.10. The first-order valence-corrected chi connectivity index (χ1v) is 10.2. The molecule has 0 saturated heterocycles. The summed E-state index contributed by atoms with van der Waals surface area (Å²) in [5.41, 5.74) is 2.41. The van der Waals surface area contributed by atoms with Crippen LogP contribution in [0.4, 0.5) is 13.2 Å². The molecule has 0 unspecified atom stereocenters. The van der Waals surface area contributed by atoms with Gasteiger partial charge in [0.05, 0.1) is 6.42 Å². The predicted molar refractivity (Wildman–Crippen MR) is 104 cm³/mol. The zero-order chi connectivity index (χ0) is 21.7. The van der Waals surface area contributed by atoms with E-state index in [1.165, 1.54) is 4.68 Å². The highest BCUT2D eigenvalue weighted by Gasteiger charge is 2.26. The number of thioether (sulfide) groups is 1. The van der Waals surface area contributed by atoms with Crippen molar-refractivity contribution in [3.63, 3.8) is 0 Å². The third-order valence-electron chi connectivity index (χ3n) is 4.25. The van der Waals surface area contributed by atoms with E-state index in [0.717, 1.165) is 23.7 Å². The third kappa shape index (κ3) is 5.65. The second kappa shape index (κ2) is 9.37. The van der Waals surface area contributed by atoms with Crippen LogP contribution < -0.4 is 4.74 Å². The molecule has 0 aliphatic rings.